The van der Waals surface area contributed by atoms with Crippen LogP contribution in [0.4, 0.5) is 10.1 Å². The van der Waals surface area contributed by atoms with Gasteiger partial charge in [-0.3, -0.25) is 13.9 Å². The predicted octanol–water partition coefficient (Wildman–Crippen LogP) is 5.57. The van der Waals surface area contributed by atoms with Crippen molar-refractivity contribution in [2.75, 3.05) is 37.7 Å². The van der Waals surface area contributed by atoms with Crippen LogP contribution in [0.2, 0.25) is 0 Å². The Kier molecular flexibility index (Phi) is 7.29. The van der Waals surface area contributed by atoms with E-state index in [2.05, 4.69) is 5.32 Å². The van der Waals surface area contributed by atoms with Crippen molar-refractivity contribution in [1.29, 1.82) is 0 Å². The van der Waals surface area contributed by atoms with Gasteiger partial charge < -0.3 is 19.2 Å². The van der Waals surface area contributed by atoms with Gasteiger partial charge in [0.15, 0.2) is 0 Å². The minimum Gasteiger partial charge on any atom is -0.455 e. The van der Waals surface area contributed by atoms with Gasteiger partial charge in [0.2, 0.25) is 10.0 Å². The van der Waals surface area contributed by atoms with E-state index >= 15 is 0 Å². The first-order valence-corrected chi connectivity index (χ1v) is 16.5. The molecule has 0 spiro atoms. The number of aryl methyl sites for hydroxylation is 1. The number of hydrogen-bond donors (Lipinski definition) is 1. The van der Waals surface area contributed by atoms with Gasteiger partial charge >= 0.3 is 0 Å². The number of anilines is 1. The molecule has 2 aromatic carbocycles. The number of amides is 2. The number of carbonyl (C=O) groups is 2. The zero-order chi connectivity index (χ0) is 30.6. The summed E-state index contributed by atoms with van der Waals surface area (Å²) in [6, 6.07) is 13.0. The molecule has 0 bridgehead atoms. The van der Waals surface area contributed by atoms with Gasteiger partial charge in [-0.2, -0.15) is 0 Å². The van der Waals surface area contributed by atoms with Gasteiger partial charge in [0, 0.05) is 57.2 Å². The molecule has 5 aromatic rings. The molecule has 1 fully saturated rings. The molecule has 0 saturated carbocycles. The van der Waals surface area contributed by atoms with Crippen molar-refractivity contribution in [3.63, 3.8) is 0 Å². The van der Waals surface area contributed by atoms with Crippen LogP contribution < -0.4 is 9.62 Å². The van der Waals surface area contributed by atoms with Crippen molar-refractivity contribution in [3.8, 4) is 11.3 Å². The molecule has 9 nitrogen and oxygen atoms in total. The number of aromatic nitrogens is 1. The molecule has 1 aliphatic rings. The lowest BCUT2D eigenvalue weighted by Gasteiger charge is -2.35. The lowest BCUT2D eigenvalue weighted by molar-refractivity contribution is 0.0698. The van der Waals surface area contributed by atoms with Crippen molar-refractivity contribution in [3.05, 3.63) is 76.5 Å². The lowest BCUT2D eigenvalue weighted by Crippen LogP contribution is -2.40. The number of sulfonamides is 1. The summed E-state index contributed by atoms with van der Waals surface area (Å²) in [7, 11) is 1.21. The van der Waals surface area contributed by atoms with Crippen molar-refractivity contribution in [2.45, 2.75) is 18.8 Å². The van der Waals surface area contributed by atoms with E-state index in [4.69, 9.17) is 4.42 Å². The van der Waals surface area contributed by atoms with Crippen molar-refractivity contribution in [1.82, 2.24) is 14.8 Å². The molecule has 0 radical (unpaired) electrons. The van der Waals surface area contributed by atoms with E-state index in [0.717, 1.165) is 29.3 Å². The van der Waals surface area contributed by atoms with E-state index in [0.29, 0.717) is 46.6 Å². The van der Waals surface area contributed by atoms with Crippen LogP contribution in [0.1, 0.15) is 45.2 Å². The minimum atomic E-state index is -3.67. The molecule has 3 aromatic heterocycles. The molecule has 1 aliphatic heterocycles. The summed E-state index contributed by atoms with van der Waals surface area (Å²) in [5.74, 6) is -0.847. The van der Waals surface area contributed by atoms with Gasteiger partial charge in [0.25, 0.3) is 11.8 Å². The number of piperidine rings is 1. The Morgan fingerprint density at radius 2 is 1.88 bits per heavy atom. The van der Waals surface area contributed by atoms with E-state index in [-0.39, 0.29) is 23.1 Å². The summed E-state index contributed by atoms with van der Waals surface area (Å²) in [5, 5.41) is 5.16. The van der Waals surface area contributed by atoms with Crippen molar-refractivity contribution < 1.29 is 26.8 Å². The van der Waals surface area contributed by atoms with E-state index < -0.39 is 21.7 Å². The van der Waals surface area contributed by atoms with Crippen LogP contribution >= 0.6 is 11.3 Å². The highest BCUT2D eigenvalue weighted by Crippen LogP contribution is 2.42. The van der Waals surface area contributed by atoms with Crippen LogP contribution in [0, 0.1) is 5.82 Å². The molecule has 224 valence electrons. The summed E-state index contributed by atoms with van der Waals surface area (Å²) in [6.07, 6.45) is 2.57. The Labute approximate surface area is 252 Å². The van der Waals surface area contributed by atoms with Gasteiger partial charge in [-0.15, -0.1) is 11.3 Å². The first-order valence-electron chi connectivity index (χ1n) is 13.8. The molecule has 6 rings (SSSR count). The third kappa shape index (κ3) is 5.08. The van der Waals surface area contributed by atoms with Crippen LogP contribution in [-0.2, 0) is 17.1 Å². The Morgan fingerprint density at radius 1 is 1.14 bits per heavy atom. The number of benzene rings is 2. The van der Waals surface area contributed by atoms with E-state index in [9.17, 15) is 22.4 Å². The highest BCUT2D eigenvalue weighted by atomic mass is 32.2. The van der Waals surface area contributed by atoms with Gasteiger partial charge in [-0.05, 0) is 66.2 Å². The van der Waals surface area contributed by atoms with Crippen LogP contribution in [0.5, 0.6) is 0 Å². The molecule has 2 amide bonds. The summed E-state index contributed by atoms with van der Waals surface area (Å²) in [5.41, 5.74) is 3.81. The number of fused-ring (bicyclic) bond motifs is 2. The fourth-order valence-corrected chi connectivity index (χ4v) is 7.28. The summed E-state index contributed by atoms with van der Waals surface area (Å²) >= 11 is 1.58. The monoisotopic (exact) mass is 622 g/mol. The molecular weight excluding hydrogens is 591 g/mol. The quantitative estimate of drug-likeness (QED) is 0.267. The maximum Gasteiger partial charge on any atom is 0.270 e. The highest BCUT2D eigenvalue weighted by molar-refractivity contribution is 7.92. The number of nitrogens with one attached hydrogen (secondary N) is 1. The smallest absolute Gasteiger partial charge is 0.270 e. The van der Waals surface area contributed by atoms with Gasteiger partial charge in [0.05, 0.1) is 27.7 Å². The fourth-order valence-electron chi connectivity index (χ4n) is 5.92. The molecular formula is C31H31FN4O5S2. The fraction of sp³-hybridized carbons (Fsp3) is 0.290. The lowest BCUT2D eigenvalue weighted by atomic mass is 9.88. The Hall–Kier alpha value is -4.16. The number of likely N-dealkylation sites (tertiary alicyclic amines) is 1. The number of thiophene rings is 1. The van der Waals surface area contributed by atoms with Crippen LogP contribution in [0.3, 0.4) is 0 Å². The van der Waals surface area contributed by atoms with Crippen molar-refractivity contribution in [2.24, 2.45) is 7.05 Å². The highest BCUT2D eigenvalue weighted by Gasteiger charge is 2.32. The number of furan rings is 1. The Morgan fingerprint density at radius 3 is 2.56 bits per heavy atom. The topological polar surface area (TPSA) is 105 Å². The van der Waals surface area contributed by atoms with Crippen LogP contribution in [0.15, 0.2) is 58.3 Å². The number of nitrogens with zero attached hydrogens (tertiary/aromatic N) is 3. The zero-order valence-electron chi connectivity index (χ0n) is 24.2. The SMILES string of the molecule is CNC(=O)c1c(-c2ccc(F)cc2)oc2cc(N(C)S(C)(=O)=O)c(C3CCCN(C(=O)c4cc5sccc5n4C)C3)cc12. The molecule has 1 saturated heterocycles. The molecule has 1 atom stereocenters. The first-order chi connectivity index (χ1) is 20.5. The number of halogens is 1. The minimum absolute atomic E-state index is 0.0809. The number of carbonyl (C=O) groups excluding carboxylic acids is 2. The molecule has 4 heterocycles. The van der Waals surface area contributed by atoms with E-state index in [1.54, 1.807) is 17.4 Å². The second-order valence-corrected chi connectivity index (χ2v) is 13.8. The van der Waals surface area contributed by atoms with Gasteiger partial charge in [0.1, 0.15) is 22.9 Å². The van der Waals surface area contributed by atoms with Gasteiger partial charge in [-0.25, -0.2) is 12.8 Å². The first kappa shape index (κ1) is 28.9. The Bertz CT molecular complexity index is 1990. The molecule has 43 heavy (non-hydrogen) atoms. The van der Waals surface area contributed by atoms with E-state index in [1.165, 1.54) is 42.7 Å². The number of hydrogen-bond acceptors (Lipinski definition) is 6. The molecule has 1 unspecified atom stereocenters. The summed E-state index contributed by atoms with van der Waals surface area (Å²) < 4.78 is 49.6. The average molecular weight is 623 g/mol. The third-order valence-electron chi connectivity index (χ3n) is 8.27. The average Bonchev–Trinajstić information content (AvgIpc) is 3.69. The molecule has 12 heteroatoms. The van der Waals surface area contributed by atoms with Crippen LogP contribution in [-0.4, -0.2) is 63.1 Å². The zero-order valence-corrected chi connectivity index (χ0v) is 25.8. The Balaban J connectivity index is 1.47. The predicted molar refractivity (Wildman–Crippen MR) is 167 cm³/mol. The third-order valence-corrected chi connectivity index (χ3v) is 10.3. The summed E-state index contributed by atoms with van der Waals surface area (Å²) in [6.45, 7) is 0.962. The maximum atomic E-state index is 13.7. The van der Waals surface area contributed by atoms with Crippen LogP contribution in [0.25, 0.3) is 32.5 Å². The number of rotatable bonds is 6. The second-order valence-electron chi connectivity index (χ2n) is 10.9. The maximum absolute atomic E-state index is 13.7. The summed E-state index contributed by atoms with van der Waals surface area (Å²) in [4.78, 5) is 28.7. The molecule has 0 aliphatic carbocycles. The second kappa shape index (κ2) is 10.8. The van der Waals surface area contributed by atoms with E-state index in [1.807, 2.05) is 40.1 Å². The normalized spacial score (nSPS) is 15.7. The van der Waals surface area contributed by atoms with Crippen molar-refractivity contribution >= 4 is 60.0 Å². The largest absolute Gasteiger partial charge is 0.455 e. The molecule has 1 N–H and O–H groups in total. The standard InChI is InChI=1S/C31H31FN4O5S2/c1-33-30(37)28-22-14-21(19-6-5-12-36(17-19)31(38)25-16-27-23(34(25)2)11-13-42-27)24(35(3)43(4,39)40)15-26(22)41-29(28)18-7-9-20(32)10-8-18/h7-11,13-16,19H,5-6,12,17H2,1-4H3,(H,33,37). The van der Waals surface area contributed by atoms with Gasteiger partial charge in [-0.1, -0.05) is 0 Å².